The lowest BCUT2D eigenvalue weighted by Gasteiger charge is -2.39. The topological polar surface area (TPSA) is 77.1 Å². The first kappa shape index (κ1) is 17.2. The maximum Gasteiger partial charge on any atom is 0.280 e. The van der Waals surface area contributed by atoms with Crippen molar-refractivity contribution in [1.82, 2.24) is 5.32 Å². The SMILES string of the molecule is CCN1C(=O)C(C)(C(=O)NCc2ccc3c(c2)OCO3)Oc2ccccc21. The molecule has 27 heavy (non-hydrogen) atoms. The van der Waals surface area contributed by atoms with Gasteiger partial charge in [0, 0.05) is 13.1 Å². The zero-order chi connectivity index (χ0) is 19.0. The molecule has 0 aromatic heterocycles. The van der Waals surface area contributed by atoms with Crippen molar-refractivity contribution >= 4 is 17.5 Å². The summed E-state index contributed by atoms with van der Waals surface area (Å²) in [7, 11) is 0. The van der Waals surface area contributed by atoms with Crippen molar-refractivity contribution in [2.24, 2.45) is 0 Å². The highest BCUT2D eigenvalue weighted by molar-refractivity contribution is 6.16. The molecular formula is C20H20N2O5. The maximum atomic E-state index is 13.0. The van der Waals surface area contributed by atoms with E-state index in [1.54, 1.807) is 23.1 Å². The lowest BCUT2D eigenvalue weighted by Crippen LogP contribution is -2.62. The molecule has 0 fully saturated rings. The highest BCUT2D eigenvalue weighted by Gasteiger charge is 2.50. The van der Waals surface area contributed by atoms with Gasteiger partial charge in [-0.05, 0) is 43.7 Å². The highest BCUT2D eigenvalue weighted by atomic mass is 16.7. The molecule has 0 spiro atoms. The van der Waals surface area contributed by atoms with Crippen LogP contribution in [0.5, 0.6) is 17.2 Å². The smallest absolute Gasteiger partial charge is 0.280 e. The Morgan fingerprint density at radius 1 is 1.15 bits per heavy atom. The highest BCUT2D eigenvalue weighted by Crippen LogP contribution is 2.37. The summed E-state index contributed by atoms with van der Waals surface area (Å²) in [5, 5.41) is 2.80. The van der Waals surface area contributed by atoms with Gasteiger partial charge in [-0.15, -0.1) is 0 Å². The van der Waals surface area contributed by atoms with Crippen molar-refractivity contribution in [1.29, 1.82) is 0 Å². The summed E-state index contributed by atoms with van der Waals surface area (Å²) in [6.07, 6.45) is 0. The minimum absolute atomic E-state index is 0.192. The minimum Gasteiger partial charge on any atom is -0.466 e. The van der Waals surface area contributed by atoms with E-state index in [1.807, 2.05) is 31.2 Å². The lowest BCUT2D eigenvalue weighted by atomic mass is 9.99. The van der Waals surface area contributed by atoms with Gasteiger partial charge in [0.15, 0.2) is 11.5 Å². The minimum atomic E-state index is -1.62. The van der Waals surface area contributed by atoms with Gasteiger partial charge in [-0.3, -0.25) is 9.59 Å². The van der Waals surface area contributed by atoms with Gasteiger partial charge in [-0.1, -0.05) is 18.2 Å². The lowest BCUT2D eigenvalue weighted by molar-refractivity contribution is -0.148. The fourth-order valence-electron chi connectivity index (χ4n) is 3.26. The molecule has 2 aliphatic rings. The number of ether oxygens (including phenoxy) is 3. The molecule has 2 aromatic rings. The second-order valence-electron chi connectivity index (χ2n) is 6.52. The van der Waals surface area contributed by atoms with Crippen molar-refractivity contribution in [2.45, 2.75) is 26.0 Å². The molecular weight excluding hydrogens is 348 g/mol. The van der Waals surface area contributed by atoms with Gasteiger partial charge < -0.3 is 24.4 Å². The fraction of sp³-hybridized carbons (Fsp3) is 0.300. The van der Waals surface area contributed by atoms with E-state index >= 15 is 0 Å². The number of anilines is 1. The zero-order valence-corrected chi connectivity index (χ0v) is 15.2. The molecule has 1 atom stereocenters. The molecule has 0 aliphatic carbocycles. The normalized spacial score (nSPS) is 20.1. The van der Waals surface area contributed by atoms with Gasteiger partial charge in [0.1, 0.15) is 5.75 Å². The summed E-state index contributed by atoms with van der Waals surface area (Å²) < 4.78 is 16.5. The van der Waals surface area contributed by atoms with E-state index in [0.717, 1.165) is 5.56 Å². The Kier molecular flexibility index (Phi) is 4.14. The fourth-order valence-corrected chi connectivity index (χ4v) is 3.26. The van der Waals surface area contributed by atoms with E-state index < -0.39 is 11.5 Å². The predicted octanol–water partition coefficient (Wildman–Crippen LogP) is 2.24. The molecule has 0 bridgehead atoms. The first-order valence-corrected chi connectivity index (χ1v) is 8.80. The largest absolute Gasteiger partial charge is 0.466 e. The standard InChI is InChI=1S/C20H20N2O5/c1-3-22-14-6-4-5-7-15(14)27-20(2,19(22)24)18(23)21-11-13-8-9-16-17(10-13)26-12-25-16/h4-10H,3,11-12H2,1-2H3,(H,21,23). The van der Waals surface area contributed by atoms with Crippen molar-refractivity contribution in [3.05, 3.63) is 48.0 Å². The Hall–Kier alpha value is -3.22. The third kappa shape index (κ3) is 2.85. The monoisotopic (exact) mass is 368 g/mol. The van der Waals surface area contributed by atoms with Gasteiger partial charge in [0.05, 0.1) is 5.69 Å². The molecule has 2 heterocycles. The first-order chi connectivity index (χ1) is 13.0. The van der Waals surface area contributed by atoms with Gasteiger partial charge >= 0.3 is 0 Å². The molecule has 2 aromatic carbocycles. The van der Waals surface area contributed by atoms with Gasteiger partial charge in [-0.25, -0.2) is 0 Å². The summed E-state index contributed by atoms with van der Waals surface area (Å²) in [6, 6.07) is 12.7. The van der Waals surface area contributed by atoms with Crippen LogP contribution in [0.15, 0.2) is 42.5 Å². The Balaban J connectivity index is 1.53. The number of hydrogen-bond acceptors (Lipinski definition) is 5. The van der Waals surface area contributed by atoms with E-state index in [0.29, 0.717) is 29.5 Å². The van der Waals surface area contributed by atoms with E-state index in [2.05, 4.69) is 5.32 Å². The van der Waals surface area contributed by atoms with Gasteiger partial charge in [-0.2, -0.15) is 0 Å². The summed E-state index contributed by atoms with van der Waals surface area (Å²) in [5.74, 6) is 0.965. The summed E-state index contributed by atoms with van der Waals surface area (Å²) >= 11 is 0. The summed E-state index contributed by atoms with van der Waals surface area (Å²) in [4.78, 5) is 27.4. The molecule has 0 saturated heterocycles. The van der Waals surface area contributed by atoms with E-state index in [9.17, 15) is 9.59 Å². The number of fused-ring (bicyclic) bond motifs is 2. The number of rotatable bonds is 4. The number of benzene rings is 2. The summed E-state index contributed by atoms with van der Waals surface area (Å²) in [5.41, 5.74) is -0.112. The van der Waals surface area contributed by atoms with E-state index in [-0.39, 0.29) is 19.2 Å². The number of nitrogens with one attached hydrogen (secondary N) is 1. The first-order valence-electron chi connectivity index (χ1n) is 8.80. The predicted molar refractivity (Wildman–Crippen MR) is 97.9 cm³/mol. The van der Waals surface area contributed by atoms with Crippen LogP contribution in [-0.4, -0.2) is 30.8 Å². The third-order valence-electron chi connectivity index (χ3n) is 4.76. The Morgan fingerprint density at radius 3 is 2.74 bits per heavy atom. The second-order valence-corrected chi connectivity index (χ2v) is 6.52. The Labute approximate surface area is 156 Å². The van der Waals surface area contributed by atoms with Crippen LogP contribution in [-0.2, 0) is 16.1 Å². The number of likely N-dealkylation sites (N-methyl/N-ethyl adjacent to an activating group) is 1. The molecule has 2 amide bonds. The number of carbonyl (C=O) groups excluding carboxylic acids is 2. The van der Waals surface area contributed by atoms with Crippen molar-refractivity contribution in [3.63, 3.8) is 0 Å². The number of hydrogen-bond donors (Lipinski definition) is 1. The van der Waals surface area contributed by atoms with Crippen molar-refractivity contribution in [2.75, 3.05) is 18.2 Å². The summed E-state index contributed by atoms with van der Waals surface area (Å²) in [6.45, 7) is 4.26. The molecule has 7 heteroatoms. The second kappa shape index (κ2) is 6.50. The molecule has 7 nitrogen and oxygen atoms in total. The molecule has 4 rings (SSSR count). The average molecular weight is 368 g/mol. The molecule has 0 saturated carbocycles. The zero-order valence-electron chi connectivity index (χ0n) is 15.2. The van der Waals surface area contributed by atoms with Gasteiger partial charge in [0.2, 0.25) is 6.79 Å². The number of nitrogens with zero attached hydrogens (tertiary/aromatic N) is 1. The number of carbonyl (C=O) groups is 2. The number of amides is 2. The molecule has 0 radical (unpaired) electrons. The van der Waals surface area contributed by atoms with Crippen LogP contribution in [0.1, 0.15) is 19.4 Å². The average Bonchev–Trinajstić information content (AvgIpc) is 3.15. The van der Waals surface area contributed by atoms with Crippen LogP contribution in [0.25, 0.3) is 0 Å². The van der Waals surface area contributed by atoms with Crippen LogP contribution in [0.2, 0.25) is 0 Å². The van der Waals surface area contributed by atoms with Gasteiger partial charge in [0.25, 0.3) is 17.4 Å². The Bertz CT molecular complexity index is 913. The maximum absolute atomic E-state index is 13.0. The Morgan fingerprint density at radius 2 is 1.93 bits per heavy atom. The van der Waals surface area contributed by atoms with Crippen molar-refractivity contribution < 1.29 is 23.8 Å². The van der Waals surface area contributed by atoms with Crippen LogP contribution in [0.3, 0.4) is 0 Å². The van der Waals surface area contributed by atoms with Crippen LogP contribution >= 0.6 is 0 Å². The molecule has 2 aliphatic heterocycles. The van der Waals surface area contributed by atoms with Crippen LogP contribution in [0.4, 0.5) is 5.69 Å². The van der Waals surface area contributed by atoms with Crippen LogP contribution in [0, 0.1) is 0 Å². The van der Waals surface area contributed by atoms with Crippen LogP contribution < -0.4 is 24.4 Å². The molecule has 1 unspecified atom stereocenters. The molecule has 1 N–H and O–H groups in total. The number of para-hydroxylation sites is 2. The third-order valence-corrected chi connectivity index (χ3v) is 4.76. The molecule has 140 valence electrons. The van der Waals surface area contributed by atoms with E-state index in [1.165, 1.54) is 6.92 Å². The van der Waals surface area contributed by atoms with Crippen molar-refractivity contribution in [3.8, 4) is 17.2 Å². The quantitative estimate of drug-likeness (QED) is 0.838. The van der Waals surface area contributed by atoms with E-state index in [4.69, 9.17) is 14.2 Å².